The summed E-state index contributed by atoms with van der Waals surface area (Å²) in [5.41, 5.74) is 1.78. The lowest BCUT2D eigenvalue weighted by molar-refractivity contribution is -0.123. The van der Waals surface area contributed by atoms with Crippen molar-refractivity contribution in [2.75, 3.05) is 32.7 Å². The highest BCUT2D eigenvalue weighted by Crippen LogP contribution is 2.52. The summed E-state index contributed by atoms with van der Waals surface area (Å²) in [5.74, 6) is -0.265. The zero-order valence-electron chi connectivity index (χ0n) is 15.6. The SMILES string of the molecule is O=C(CN1CC2(CC2)c2cc(Br)ccc2C1=O)NC1CCN(CC(F)F)CC1. The summed E-state index contributed by atoms with van der Waals surface area (Å²) < 4.78 is 25.9. The number of rotatable bonds is 5. The van der Waals surface area contributed by atoms with Gasteiger partial charge in [-0.1, -0.05) is 15.9 Å². The van der Waals surface area contributed by atoms with Crippen LogP contribution < -0.4 is 5.32 Å². The van der Waals surface area contributed by atoms with E-state index in [0.717, 1.165) is 22.9 Å². The highest BCUT2D eigenvalue weighted by molar-refractivity contribution is 9.10. The Morgan fingerprint density at radius 2 is 2.00 bits per heavy atom. The molecule has 1 saturated heterocycles. The van der Waals surface area contributed by atoms with Crippen molar-refractivity contribution in [1.29, 1.82) is 0 Å². The van der Waals surface area contributed by atoms with E-state index in [0.29, 0.717) is 38.0 Å². The number of nitrogens with one attached hydrogen (secondary N) is 1. The number of hydrogen-bond acceptors (Lipinski definition) is 3. The number of halogens is 3. The number of hydrogen-bond donors (Lipinski definition) is 1. The molecule has 1 aliphatic carbocycles. The molecule has 0 aromatic heterocycles. The van der Waals surface area contributed by atoms with Crippen LogP contribution in [0.25, 0.3) is 0 Å². The molecule has 0 unspecified atom stereocenters. The molecule has 0 radical (unpaired) electrons. The third kappa shape index (κ3) is 4.08. The summed E-state index contributed by atoms with van der Waals surface area (Å²) in [6.45, 7) is 1.54. The third-order valence-electron chi connectivity index (χ3n) is 6.10. The number of alkyl halides is 2. The van der Waals surface area contributed by atoms with Crippen molar-refractivity contribution in [2.24, 2.45) is 0 Å². The van der Waals surface area contributed by atoms with Gasteiger partial charge in [0.25, 0.3) is 12.3 Å². The molecule has 1 aromatic carbocycles. The predicted octanol–water partition coefficient (Wildman–Crippen LogP) is 2.78. The summed E-state index contributed by atoms with van der Waals surface area (Å²) in [7, 11) is 0. The second-order valence-electron chi connectivity index (χ2n) is 8.16. The fourth-order valence-electron chi connectivity index (χ4n) is 4.44. The fraction of sp³-hybridized carbons (Fsp3) is 0.600. The van der Waals surface area contributed by atoms with Crippen LogP contribution in [0.4, 0.5) is 8.78 Å². The topological polar surface area (TPSA) is 52.7 Å². The Balaban J connectivity index is 1.34. The molecule has 2 heterocycles. The first-order valence-corrected chi connectivity index (χ1v) is 10.5. The van der Waals surface area contributed by atoms with Crippen LogP contribution in [0.2, 0.25) is 0 Å². The number of fused-ring (bicyclic) bond motifs is 2. The van der Waals surface area contributed by atoms with Crippen molar-refractivity contribution in [3.05, 3.63) is 33.8 Å². The molecule has 1 N–H and O–H groups in total. The van der Waals surface area contributed by atoms with E-state index in [4.69, 9.17) is 0 Å². The van der Waals surface area contributed by atoms with E-state index in [1.165, 1.54) is 0 Å². The molecule has 1 saturated carbocycles. The Morgan fingerprint density at radius 1 is 1.29 bits per heavy atom. The predicted molar refractivity (Wildman–Crippen MR) is 105 cm³/mol. The number of carbonyl (C=O) groups is 2. The van der Waals surface area contributed by atoms with Gasteiger partial charge < -0.3 is 10.2 Å². The molecule has 0 bridgehead atoms. The van der Waals surface area contributed by atoms with E-state index >= 15 is 0 Å². The molecule has 152 valence electrons. The van der Waals surface area contributed by atoms with Gasteiger partial charge in [0.15, 0.2) is 0 Å². The second-order valence-corrected chi connectivity index (χ2v) is 9.08. The molecule has 8 heteroatoms. The maximum atomic E-state index is 12.9. The first kappa shape index (κ1) is 19.8. The minimum absolute atomic E-state index is 0.00604. The molecular formula is C20H24BrF2N3O2. The van der Waals surface area contributed by atoms with Gasteiger partial charge in [-0.2, -0.15) is 0 Å². The lowest BCUT2D eigenvalue weighted by Crippen LogP contribution is -2.51. The smallest absolute Gasteiger partial charge is 0.254 e. The first-order chi connectivity index (χ1) is 13.4. The van der Waals surface area contributed by atoms with Gasteiger partial charge in [0.2, 0.25) is 5.91 Å². The monoisotopic (exact) mass is 455 g/mol. The average molecular weight is 456 g/mol. The van der Waals surface area contributed by atoms with Gasteiger partial charge in [0.05, 0.1) is 13.1 Å². The Labute approximate surface area is 171 Å². The normalized spacial score (nSPS) is 21.9. The quantitative estimate of drug-likeness (QED) is 0.742. The van der Waals surface area contributed by atoms with E-state index in [2.05, 4.69) is 21.2 Å². The van der Waals surface area contributed by atoms with Crippen LogP contribution >= 0.6 is 15.9 Å². The molecule has 2 amide bonds. The van der Waals surface area contributed by atoms with Crippen LogP contribution in [0.3, 0.4) is 0 Å². The van der Waals surface area contributed by atoms with Crippen LogP contribution in [0, 0.1) is 0 Å². The molecule has 1 aromatic rings. The third-order valence-corrected chi connectivity index (χ3v) is 6.59. The summed E-state index contributed by atoms with van der Waals surface area (Å²) >= 11 is 3.48. The zero-order chi connectivity index (χ0) is 19.9. The molecular weight excluding hydrogens is 432 g/mol. The highest BCUT2D eigenvalue weighted by Gasteiger charge is 2.51. The minimum Gasteiger partial charge on any atom is -0.352 e. The van der Waals surface area contributed by atoms with Crippen molar-refractivity contribution < 1.29 is 18.4 Å². The van der Waals surface area contributed by atoms with Crippen LogP contribution in [-0.4, -0.2) is 66.8 Å². The standard InChI is InChI=1S/C20H24BrF2N3O2/c21-13-1-2-15-16(9-13)20(5-6-20)12-26(19(15)28)11-18(27)24-14-3-7-25(8-4-14)10-17(22)23/h1-2,9,14,17H,3-8,10-12H2,(H,24,27). The van der Waals surface area contributed by atoms with Crippen molar-refractivity contribution in [1.82, 2.24) is 15.1 Å². The first-order valence-electron chi connectivity index (χ1n) is 9.75. The summed E-state index contributed by atoms with van der Waals surface area (Å²) in [6.07, 6.45) is 1.06. The van der Waals surface area contributed by atoms with E-state index in [-0.39, 0.29) is 36.4 Å². The molecule has 4 rings (SSSR count). The van der Waals surface area contributed by atoms with Crippen LogP contribution in [0.15, 0.2) is 22.7 Å². The number of piperidine rings is 1. The van der Waals surface area contributed by atoms with Crippen LogP contribution in [0.5, 0.6) is 0 Å². The van der Waals surface area contributed by atoms with Gasteiger partial charge in [0, 0.05) is 41.1 Å². The van der Waals surface area contributed by atoms with Crippen molar-refractivity contribution in [2.45, 2.75) is 43.6 Å². The maximum Gasteiger partial charge on any atom is 0.254 e. The number of benzene rings is 1. The molecule has 2 aliphatic heterocycles. The molecule has 1 spiro atoms. The lowest BCUT2D eigenvalue weighted by Gasteiger charge is -2.35. The van der Waals surface area contributed by atoms with Gasteiger partial charge in [-0.3, -0.25) is 14.5 Å². The summed E-state index contributed by atoms with van der Waals surface area (Å²) in [6, 6.07) is 5.72. The average Bonchev–Trinajstić information content (AvgIpc) is 3.41. The minimum atomic E-state index is -2.32. The highest BCUT2D eigenvalue weighted by atomic mass is 79.9. The molecule has 3 aliphatic rings. The largest absolute Gasteiger partial charge is 0.352 e. The number of amides is 2. The number of likely N-dealkylation sites (tertiary alicyclic amines) is 1. The van der Waals surface area contributed by atoms with Crippen LogP contribution in [0.1, 0.15) is 41.6 Å². The lowest BCUT2D eigenvalue weighted by atomic mass is 9.86. The van der Waals surface area contributed by atoms with Gasteiger partial charge in [-0.25, -0.2) is 8.78 Å². The van der Waals surface area contributed by atoms with E-state index in [9.17, 15) is 18.4 Å². The molecule has 28 heavy (non-hydrogen) atoms. The van der Waals surface area contributed by atoms with Crippen molar-refractivity contribution in [3.63, 3.8) is 0 Å². The Hall–Kier alpha value is -1.54. The van der Waals surface area contributed by atoms with E-state index in [1.807, 2.05) is 18.2 Å². The summed E-state index contributed by atoms with van der Waals surface area (Å²) in [5, 5.41) is 2.99. The molecule has 5 nitrogen and oxygen atoms in total. The Bertz CT molecular complexity index is 777. The number of nitrogens with zero attached hydrogens (tertiary/aromatic N) is 2. The zero-order valence-corrected chi connectivity index (χ0v) is 17.2. The molecule has 0 atom stereocenters. The van der Waals surface area contributed by atoms with Gasteiger partial charge in [0.1, 0.15) is 0 Å². The van der Waals surface area contributed by atoms with E-state index < -0.39 is 6.43 Å². The van der Waals surface area contributed by atoms with E-state index in [1.54, 1.807) is 9.80 Å². The maximum absolute atomic E-state index is 12.9. The van der Waals surface area contributed by atoms with Crippen molar-refractivity contribution in [3.8, 4) is 0 Å². The number of carbonyl (C=O) groups excluding carboxylic acids is 2. The van der Waals surface area contributed by atoms with Gasteiger partial charge >= 0.3 is 0 Å². The Morgan fingerprint density at radius 3 is 2.64 bits per heavy atom. The fourth-order valence-corrected chi connectivity index (χ4v) is 4.80. The Kier molecular flexibility index (Phi) is 5.44. The second kappa shape index (κ2) is 7.71. The van der Waals surface area contributed by atoms with Gasteiger partial charge in [-0.05, 0) is 49.4 Å². The summed E-state index contributed by atoms with van der Waals surface area (Å²) in [4.78, 5) is 28.8. The molecule has 2 fully saturated rings. The van der Waals surface area contributed by atoms with Gasteiger partial charge in [-0.15, -0.1) is 0 Å². The van der Waals surface area contributed by atoms with Crippen molar-refractivity contribution >= 4 is 27.7 Å². The van der Waals surface area contributed by atoms with Crippen LogP contribution in [-0.2, 0) is 10.2 Å².